The van der Waals surface area contributed by atoms with Crippen LogP contribution in [0.3, 0.4) is 0 Å². The second-order valence-corrected chi connectivity index (χ2v) is 11.1. The monoisotopic (exact) mass is 270 g/mol. The normalized spacial score (nSPS) is 11.5. The summed E-state index contributed by atoms with van der Waals surface area (Å²) in [5.41, 5.74) is 2.02. The second kappa shape index (κ2) is 7.33. The number of aromatic nitrogens is 2. The summed E-state index contributed by atoms with van der Waals surface area (Å²) in [7, 11) is -1.03. The molecule has 0 spiro atoms. The minimum absolute atomic E-state index is 0.380. The van der Waals surface area contributed by atoms with E-state index in [9.17, 15) is 4.79 Å². The number of hydrogen-bond acceptors (Lipinski definition) is 4. The van der Waals surface area contributed by atoms with E-state index in [1.165, 1.54) is 0 Å². The molecule has 6 heteroatoms. The fourth-order valence-electron chi connectivity index (χ4n) is 1.45. The Balaban J connectivity index is 2.29. The molecule has 18 heavy (non-hydrogen) atoms. The van der Waals surface area contributed by atoms with Crippen LogP contribution < -0.4 is 0 Å². The molecule has 1 N–H and O–H groups in total. The molecule has 0 unspecified atom stereocenters. The first-order valence-electron chi connectivity index (χ1n) is 6.17. The number of nitrogens with one attached hydrogen (secondary N) is 1. The first-order chi connectivity index (χ1) is 8.53. The Bertz CT molecular complexity index is 360. The van der Waals surface area contributed by atoms with Gasteiger partial charge in [0, 0.05) is 21.1 Å². The first kappa shape index (κ1) is 14.9. The molecule has 0 aromatic carbocycles. The number of nitrogens with zero attached hydrogens (tertiary/aromatic N) is 1. The van der Waals surface area contributed by atoms with Crippen LogP contribution in [-0.4, -0.2) is 38.0 Å². The molecular formula is C12H22N2O3Si. The zero-order valence-corrected chi connectivity index (χ0v) is 12.4. The average molecular weight is 270 g/mol. The van der Waals surface area contributed by atoms with E-state index in [0.717, 1.165) is 23.9 Å². The third-order valence-electron chi connectivity index (χ3n) is 2.61. The summed E-state index contributed by atoms with van der Waals surface area (Å²) in [6, 6.07) is 1.16. The van der Waals surface area contributed by atoms with Gasteiger partial charge in [0.1, 0.15) is 0 Å². The number of carbonyl (C=O) groups is 1. The van der Waals surface area contributed by atoms with E-state index in [1.54, 1.807) is 6.20 Å². The Morgan fingerprint density at radius 1 is 1.39 bits per heavy atom. The molecule has 5 nitrogen and oxygen atoms in total. The zero-order chi connectivity index (χ0) is 13.4. The summed E-state index contributed by atoms with van der Waals surface area (Å²) in [6.07, 6.45) is 2.42. The van der Waals surface area contributed by atoms with Crippen molar-refractivity contribution in [3.05, 3.63) is 17.5 Å². The molecule has 1 aromatic heterocycles. The maximum absolute atomic E-state index is 10.1. The topological polar surface area (TPSA) is 64.2 Å². The molecule has 0 atom stereocenters. The van der Waals surface area contributed by atoms with Gasteiger partial charge in [0.2, 0.25) is 0 Å². The third-order valence-corrected chi connectivity index (χ3v) is 4.31. The molecule has 0 aliphatic carbocycles. The molecule has 0 fully saturated rings. The van der Waals surface area contributed by atoms with E-state index in [4.69, 9.17) is 4.74 Å². The maximum Gasteiger partial charge on any atom is 0.293 e. The predicted molar refractivity (Wildman–Crippen MR) is 72.1 cm³/mol. The molecule has 0 aliphatic heterocycles. The van der Waals surface area contributed by atoms with Crippen LogP contribution >= 0.6 is 0 Å². The maximum atomic E-state index is 10.1. The lowest BCUT2D eigenvalue weighted by Crippen LogP contribution is -2.21. The third kappa shape index (κ3) is 5.97. The largest absolute Gasteiger partial charge is 0.468 e. The summed E-state index contributed by atoms with van der Waals surface area (Å²) in [5.74, 6) is 0. The van der Waals surface area contributed by atoms with Gasteiger partial charge in [0.05, 0.1) is 25.1 Å². The quantitative estimate of drug-likeness (QED) is 0.423. The first-order valence-corrected chi connectivity index (χ1v) is 9.88. The summed E-state index contributed by atoms with van der Waals surface area (Å²) >= 11 is 0. The lowest BCUT2D eigenvalue weighted by atomic mass is 10.2. The second-order valence-electron chi connectivity index (χ2n) is 5.45. The molecule has 1 rings (SSSR count). The van der Waals surface area contributed by atoms with Gasteiger partial charge in [0.15, 0.2) is 0 Å². The zero-order valence-electron chi connectivity index (χ0n) is 11.4. The van der Waals surface area contributed by atoms with Crippen molar-refractivity contribution in [2.75, 3.05) is 13.2 Å². The Labute approximate surface area is 109 Å². The predicted octanol–water partition coefficient (Wildman–Crippen LogP) is 1.98. The van der Waals surface area contributed by atoms with Crippen LogP contribution in [0.4, 0.5) is 0 Å². The summed E-state index contributed by atoms with van der Waals surface area (Å²) < 4.78 is 10.3. The van der Waals surface area contributed by atoms with E-state index in [1.807, 2.05) is 0 Å². The van der Waals surface area contributed by atoms with E-state index < -0.39 is 8.07 Å². The van der Waals surface area contributed by atoms with Gasteiger partial charge in [0.25, 0.3) is 6.47 Å². The van der Waals surface area contributed by atoms with Crippen molar-refractivity contribution in [3.63, 3.8) is 0 Å². The molecule has 0 radical (unpaired) electrons. The minimum Gasteiger partial charge on any atom is -0.468 e. The van der Waals surface area contributed by atoms with Gasteiger partial charge in [-0.3, -0.25) is 9.89 Å². The van der Waals surface area contributed by atoms with Crippen LogP contribution in [0.2, 0.25) is 25.7 Å². The molecule has 102 valence electrons. The molecule has 0 saturated carbocycles. The summed E-state index contributed by atoms with van der Waals surface area (Å²) in [6.45, 7) is 9.16. The van der Waals surface area contributed by atoms with Crippen molar-refractivity contribution in [3.8, 4) is 0 Å². The van der Waals surface area contributed by atoms with Gasteiger partial charge in [-0.15, -0.1) is 0 Å². The van der Waals surface area contributed by atoms with Crippen molar-refractivity contribution in [1.29, 1.82) is 0 Å². The molecule has 0 saturated heterocycles. The lowest BCUT2D eigenvalue weighted by molar-refractivity contribution is -0.128. The van der Waals surface area contributed by atoms with Gasteiger partial charge in [-0.05, 0) is 11.6 Å². The number of rotatable bonds is 9. The van der Waals surface area contributed by atoms with Gasteiger partial charge >= 0.3 is 0 Å². The summed E-state index contributed by atoms with van der Waals surface area (Å²) in [5, 5.41) is 6.91. The van der Waals surface area contributed by atoms with Gasteiger partial charge in [-0.1, -0.05) is 19.6 Å². The van der Waals surface area contributed by atoms with Gasteiger partial charge in [-0.25, -0.2) is 0 Å². The van der Waals surface area contributed by atoms with E-state index in [-0.39, 0.29) is 0 Å². The van der Waals surface area contributed by atoms with Crippen molar-refractivity contribution in [2.24, 2.45) is 0 Å². The van der Waals surface area contributed by atoms with Crippen LogP contribution in [0.1, 0.15) is 11.3 Å². The minimum atomic E-state index is -1.03. The number of ether oxygens (including phenoxy) is 2. The average Bonchev–Trinajstić information content (AvgIpc) is 2.71. The molecule has 0 aliphatic rings. The van der Waals surface area contributed by atoms with Crippen molar-refractivity contribution >= 4 is 14.5 Å². The lowest BCUT2D eigenvalue weighted by Gasteiger charge is -2.15. The fourth-order valence-corrected chi connectivity index (χ4v) is 2.20. The van der Waals surface area contributed by atoms with Gasteiger partial charge in [-0.2, -0.15) is 5.10 Å². The molecule has 0 amide bonds. The highest BCUT2D eigenvalue weighted by molar-refractivity contribution is 6.76. The highest BCUT2D eigenvalue weighted by Crippen LogP contribution is 2.10. The number of aromatic amines is 1. The SMILES string of the molecule is C[Si](C)(C)CCOCc1[nH]ncc1CCOC=O. The summed E-state index contributed by atoms with van der Waals surface area (Å²) in [4.78, 5) is 10.1. The highest BCUT2D eigenvalue weighted by atomic mass is 28.3. The molecule has 0 bridgehead atoms. The standard InChI is InChI=1S/C12H22N2O3Si/c1-18(2,3)7-6-16-9-12-11(8-13-14-12)4-5-17-10-15/h8,10H,4-7,9H2,1-3H3,(H,13,14). The fraction of sp³-hybridized carbons (Fsp3) is 0.667. The number of carbonyl (C=O) groups excluding carboxylic acids is 1. The van der Waals surface area contributed by atoms with Crippen LogP contribution in [-0.2, 0) is 27.3 Å². The molecule has 1 aromatic rings. The number of H-pyrrole nitrogens is 1. The Morgan fingerprint density at radius 2 is 2.17 bits per heavy atom. The van der Waals surface area contributed by atoms with Crippen LogP contribution in [0, 0.1) is 0 Å². The smallest absolute Gasteiger partial charge is 0.293 e. The van der Waals surface area contributed by atoms with E-state index >= 15 is 0 Å². The molecular weight excluding hydrogens is 248 g/mol. The van der Waals surface area contributed by atoms with E-state index in [2.05, 4.69) is 34.6 Å². The van der Waals surface area contributed by atoms with Crippen LogP contribution in [0.15, 0.2) is 6.20 Å². The van der Waals surface area contributed by atoms with Crippen LogP contribution in [0.25, 0.3) is 0 Å². The van der Waals surface area contributed by atoms with Crippen LogP contribution in [0.5, 0.6) is 0 Å². The van der Waals surface area contributed by atoms with Crippen molar-refractivity contribution < 1.29 is 14.3 Å². The van der Waals surface area contributed by atoms with Gasteiger partial charge < -0.3 is 9.47 Å². The highest BCUT2D eigenvalue weighted by Gasteiger charge is 2.12. The Hall–Kier alpha value is -1.14. The van der Waals surface area contributed by atoms with Crippen molar-refractivity contribution in [1.82, 2.24) is 10.2 Å². The Morgan fingerprint density at radius 3 is 2.83 bits per heavy atom. The Kier molecular flexibility index (Phi) is 6.07. The van der Waals surface area contributed by atoms with Crippen molar-refractivity contribution in [2.45, 2.75) is 38.7 Å². The van der Waals surface area contributed by atoms with E-state index in [0.29, 0.717) is 26.1 Å². The number of hydrogen-bond donors (Lipinski definition) is 1. The molecule has 1 heterocycles.